The van der Waals surface area contributed by atoms with Crippen molar-refractivity contribution in [1.29, 1.82) is 0 Å². The molecule has 0 unspecified atom stereocenters. The average Bonchev–Trinajstić information content (AvgIpc) is 3.02. The topological polar surface area (TPSA) is 73.6 Å². The number of benzene rings is 1. The maximum atomic E-state index is 12.1. The van der Waals surface area contributed by atoms with E-state index in [9.17, 15) is 4.79 Å². The van der Waals surface area contributed by atoms with Crippen LogP contribution in [0.15, 0.2) is 24.3 Å². The van der Waals surface area contributed by atoms with Crippen molar-refractivity contribution in [3.05, 3.63) is 29.8 Å². The second kappa shape index (κ2) is 10.5. The van der Waals surface area contributed by atoms with Gasteiger partial charge in [0.1, 0.15) is 11.9 Å². The summed E-state index contributed by atoms with van der Waals surface area (Å²) in [5, 5.41) is 2.92. The molecule has 23 heavy (non-hydrogen) atoms. The van der Waals surface area contributed by atoms with Gasteiger partial charge in [-0.1, -0.05) is 25.5 Å². The Hall–Kier alpha value is -1.30. The van der Waals surface area contributed by atoms with E-state index in [0.29, 0.717) is 13.1 Å². The van der Waals surface area contributed by atoms with E-state index in [1.54, 1.807) is 0 Å². The van der Waals surface area contributed by atoms with Gasteiger partial charge in [0.2, 0.25) is 5.91 Å². The van der Waals surface area contributed by atoms with Crippen molar-refractivity contribution in [3.8, 4) is 5.75 Å². The van der Waals surface area contributed by atoms with Gasteiger partial charge in [0.05, 0.1) is 12.7 Å². The second-order valence-corrected chi connectivity index (χ2v) is 5.63. The van der Waals surface area contributed by atoms with Crippen LogP contribution in [-0.4, -0.2) is 31.3 Å². The third kappa shape index (κ3) is 6.37. The average molecular weight is 343 g/mol. The molecular weight excluding hydrogens is 316 g/mol. The Morgan fingerprint density at radius 2 is 2.26 bits per heavy atom. The van der Waals surface area contributed by atoms with Crippen LogP contribution in [0.5, 0.6) is 5.75 Å². The summed E-state index contributed by atoms with van der Waals surface area (Å²) in [7, 11) is 0. The molecule has 2 atom stereocenters. The fraction of sp³-hybridized carbons (Fsp3) is 0.588. The van der Waals surface area contributed by atoms with Gasteiger partial charge >= 0.3 is 0 Å². The molecule has 0 radical (unpaired) electrons. The summed E-state index contributed by atoms with van der Waals surface area (Å²) >= 11 is 0. The number of amides is 1. The van der Waals surface area contributed by atoms with E-state index >= 15 is 0 Å². The van der Waals surface area contributed by atoms with Crippen molar-refractivity contribution in [3.63, 3.8) is 0 Å². The third-order valence-corrected chi connectivity index (χ3v) is 3.79. The van der Waals surface area contributed by atoms with Gasteiger partial charge in [-0.15, -0.1) is 12.4 Å². The molecule has 1 aliphatic heterocycles. The zero-order valence-corrected chi connectivity index (χ0v) is 14.4. The van der Waals surface area contributed by atoms with Gasteiger partial charge in [-0.25, -0.2) is 0 Å². The van der Waals surface area contributed by atoms with E-state index in [4.69, 9.17) is 15.2 Å². The number of carbonyl (C=O) groups excluding carboxylic acids is 1. The minimum absolute atomic E-state index is 0. The standard InChI is InChI=1S/C17H26N2O3.ClH/c1-2-3-9-21-14-6-4-5-13(10-14)12-19-17(20)16-8-7-15(11-18)22-16;/h4-6,10,15-16H,2-3,7-9,11-12,18H2,1H3,(H,19,20);1H/t15-,16+;/m1./s1. The predicted molar refractivity (Wildman–Crippen MR) is 92.9 cm³/mol. The molecule has 1 heterocycles. The van der Waals surface area contributed by atoms with E-state index < -0.39 is 0 Å². The normalized spacial score (nSPS) is 19.9. The summed E-state index contributed by atoms with van der Waals surface area (Å²) in [6, 6.07) is 7.82. The lowest BCUT2D eigenvalue weighted by Crippen LogP contribution is -2.35. The maximum Gasteiger partial charge on any atom is 0.249 e. The molecule has 1 aromatic rings. The molecule has 0 saturated carbocycles. The predicted octanol–water partition coefficient (Wildman–Crippen LogP) is 2.41. The molecular formula is C17H27ClN2O3. The molecule has 5 nitrogen and oxygen atoms in total. The molecule has 1 saturated heterocycles. The Morgan fingerprint density at radius 3 is 2.96 bits per heavy atom. The third-order valence-electron chi connectivity index (χ3n) is 3.79. The molecule has 0 bridgehead atoms. The number of carbonyl (C=O) groups is 1. The first-order chi connectivity index (χ1) is 10.7. The van der Waals surface area contributed by atoms with Crippen LogP contribution in [0.25, 0.3) is 0 Å². The molecule has 1 fully saturated rings. The van der Waals surface area contributed by atoms with E-state index in [-0.39, 0.29) is 30.5 Å². The summed E-state index contributed by atoms with van der Waals surface area (Å²) in [4.78, 5) is 12.1. The molecule has 1 aliphatic rings. The summed E-state index contributed by atoms with van der Waals surface area (Å²) in [5.74, 6) is 0.786. The number of unbranched alkanes of at least 4 members (excludes halogenated alkanes) is 1. The first-order valence-electron chi connectivity index (χ1n) is 8.08. The van der Waals surface area contributed by atoms with E-state index in [2.05, 4.69) is 12.2 Å². The van der Waals surface area contributed by atoms with Gasteiger partial charge in [0, 0.05) is 13.1 Å². The van der Waals surface area contributed by atoms with Crippen LogP contribution in [0.2, 0.25) is 0 Å². The van der Waals surface area contributed by atoms with Crippen molar-refractivity contribution in [2.24, 2.45) is 5.73 Å². The van der Waals surface area contributed by atoms with Gasteiger partial charge in [-0.05, 0) is 37.0 Å². The molecule has 3 N–H and O–H groups in total. The number of hydrogen-bond donors (Lipinski definition) is 2. The Kier molecular flexibility index (Phi) is 8.99. The molecule has 1 aromatic carbocycles. The highest BCUT2D eigenvalue weighted by atomic mass is 35.5. The van der Waals surface area contributed by atoms with Crippen molar-refractivity contribution >= 4 is 18.3 Å². The first kappa shape index (κ1) is 19.7. The minimum atomic E-state index is -0.363. The van der Waals surface area contributed by atoms with Crippen molar-refractivity contribution in [1.82, 2.24) is 5.32 Å². The number of nitrogens with two attached hydrogens (primary N) is 1. The zero-order valence-electron chi connectivity index (χ0n) is 13.6. The number of rotatable bonds is 8. The highest BCUT2D eigenvalue weighted by Gasteiger charge is 2.29. The van der Waals surface area contributed by atoms with Crippen LogP contribution >= 0.6 is 12.4 Å². The Balaban J connectivity index is 0.00000264. The Bertz CT molecular complexity index is 485. The van der Waals surface area contributed by atoms with E-state index in [0.717, 1.165) is 43.6 Å². The van der Waals surface area contributed by atoms with Gasteiger partial charge in [-0.2, -0.15) is 0 Å². The summed E-state index contributed by atoms with van der Waals surface area (Å²) in [6.45, 7) is 3.82. The smallest absolute Gasteiger partial charge is 0.249 e. The largest absolute Gasteiger partial charge is 0.494 e. The van der Waals surface area contributed by atoms with E-state index in [1.807, 2.05) is 24.3 Å². The molecule has 130 valence electrons. The van der Waals surface area contributed by atoms with Crippen LogP contribution in [0.4, 0.5) is 0 Å². The fourth-order valence-corrected chi connectivity index (χ4v) is 2.45. The van der Waals surface area contributed by atoms with Crippen molar-refractivity contribution in [2.45, 2.75) is 51.4 Å². The Labute approximate surface area is 144 Å². The van der Waals surface area contributed by atoms with Crippen LogP contribution < -0.4 is 15.8 Å². The minimum Gasteiger partial charge on any atom is -0.494 e. The number of nitrogens with one attached hydrogen (secondary N) is 1. The van der Waals surface area contributed by atoms with Gasteiger partial charge in [0.25, 0.3) is 0 Å². The fourth-order valence-electron chi connectivity index (χ4n) is 2.45. The SMILES string of the molecule is CCCCOc1cccc(CNC(=O)[C@@H]2CC[C@H](CN)O2)c1.Cl. The van der Waals surface area contributed by atoms with Gasteiger partial charge in [-0.3, -0.25) is 4.79 Å². The lowest BCUT2D eigenvalue weighted by Gasteiger charge is -2.13. The van der Waals surface area contributed by atoms with Crippen LogP contribution in [0.3, 0.4) is 0 Å². The number of hydrogen-bond acceptors (Lipinski definition) is 4. The lowest BCUT2D eigenvalue weighted by molar-refractivity contribution is -0.132. The van der Waals surface area contributed by atoms with Gasteiger partial charge in [0.15, 0.2) is 0 Å². The monoisotopic (exact) mass is 342 g/mol. The quantitative estimate of drug-likeness (QED) is 0.711. The highest BCUT2D eigenvalue weighted by molar-refractivity contribution is 5.85. The molecule has 0 aliphatic carbocycles. The van der Waals surface area contributed by atoms with Crippen molar-refractivity contribution < 1.29 is 14.3 Å². The summed E-state index contributed by atoms with van der Waals surface area (Å²) in [5.41, 5.74) is 6.58. The first-order valence-corrected chi connectivity index (χ1v) is 8.08. The molecule has 1 amide bonds. The van der Waals surface area contributed by atoms with Crippen LogP contribution in [0, 0.1) is 0 Å². The molecule has 0 spiro atoms. The maximum absolute atomic E-state index is 12.1. The van der Waals surface area contributed by atoms with Crippen molar-refractivity contribution in [2.75, 3.05) is 13.2 Å². The molecule has 0 aromatic heterocycles. The molecule has 6 heteroatoms. The number of halogens is 1. The number of ether oxygens (including phenoxy) is 2. The van der Waals surface area contributed by atoms with Gasteiger partial charge < -0.3 is 20.5 Å². The van der Waals surface area contributed by atoms with E-state index in [1.165, 1.54) is 0 Å². The Morgan fingerprint density at radius 1 is 1.43 bits per heavy atom. The van der Waals surface area contributed by atoms with Crippen LogP contribution in [-0.2, 0) is 16.1 Å². The summed E-state index contributed by atoms with van der Waals surface area (Å²) in [6.07, 6.45) is 3.41. The second-order valence-electron chi connectivity index (χ2n) is 5.63. The zero-order chi connectivity index (χ0) is 15.8. The summed E-state index contributed by atoms with van der Waals surface area (Å²) < 4.78 is 11.3. The highest BCUT2D eigenvalue weighted by Crippen LogP contribution is 2.19. The lowest BCUT2D eigenvalue weighted by atomic mass is 10.1. The molecule has 2 rings (SSSR count). The van der Waals surface area contributed by atoms with Crippen LogP contribution in [0.1, 0.15) is 38.2 Å².